The van der Waals surface area contributed by atoms with Crippen molar-refractivity contribution in [2.75, 3.05) is 13.2 Å². The van der Waals surface area contributed by atoms with Crippen LogP contribution in [0.2, 0.25) is 0 Å². The highest BCUT2D eigenvalue weighted by Gasteiger charge is 2.53. The van der Waals surface area contributed by atoms with Crippen LogP contribution in [0, 0.1) is 11.7 Å². The van der Waals surface area contributed by atoms with Crippen molar-refractivity contribution in [1.82, 2.24) is 14.9 Å². The number of benzene rings is 1. The molecule has 3 atom stereocenters. The van der Waals surface area contributed by atoms with E-state index in [0.717, 1.165) is 4.90 Å². The van der Waals surface area contributed by atoms with Crippen molar-refractivity contribution in [3.63, 3.8) is 0 Å². The highest BCUT2D eigenvalue weighted by molar-refractivity contribution is 7.90. The van der Waals surface area contributed by atoms with Crippen molar-refractivity contribution in [2.24, 2.45) is 5.92 Å². The fourth-order valence-electron chi connectivity index (χ4n) is 4.99. The molecule has 11 heteroatoms. The number of imide groups is 2. The minimum Gasteiger partial charge on any atom is -0.598 e. The number of carbonyl (C=O) groups excluding carboxylic acids is 4. The topological polar surface area (TPSA) is 128 Å². The van der Waals surface area contributed by atoms with Crippen molar-refractivity contribution in [1.29, 1.82) is 0 Å². The van der Waals surface area contributed by atoms with Gasteiger partial charge in [0.1, 0.15) is 10.6 Å². The summed E-state index contributed by atoms with van der Waals surface area (Å²) in [4.78, 5) is 52.9. The van der Waals surface area contributed by atoms with Gasteiger partial charge in [-0.15, -0.1) is 4.72 Å². The average Bonchev–Trinajstić information content (AvgIpc) is 3.12. The van der Waals surface area contributed by atoms with Crippen LogP contribution in [-0.4, -0.2) is 57.1 Å². The number of fused-ring (bicyclic) bond motifs is 1. The number of urea groups is 1. The molecule has 2 aliphatic heterocycles. The zero-order valence-corrected chi connectivity index (χ0v) is 20.8. The van der Waals surface area contributed by atoms with Gasteiger partial charge in [0.2, 0.25) is 5.91 Å². The normalized spacial score (nSPS) is 26.5. The summed E-state index contributed by atoms with van der Waals surface area (Å²) in [5.41, 5.74) is -0.455. The lowest BCUT2D eigenvalue weighted by molar-refractivity contribution is -0.150. The van der Waals surface area contributed by atoms with Crippen LogP contribution in [-0.2, 0) is 42.4 Å². The number of Topliss-reactive ketones (excluding diaryl/α,β-unsaturated/α-hetero) is 1. The maximum atomic E-state index is 15.1. The van der Waals surface area contributed by atoms with E-state index in [0.29, 0.717) is 38.0 Å². The molecule has 2 saturated heterocycles. The Balaban J connectivity index is 1.66. The molecular weight excluding hydrogens is 477 g/mol. The van der Waals surface area contributed by atoms with Gasteiger partial charge < -0.3 is 9.29 Å². The summed E-state index contributed by atoms with van der Waals surface area (Å²) in [6.07, 6.45) is 1.09. The molecule has 4 rings (SSSR count). The van der Waals surface area contributed by atoms with Crippen LogP contribution in [0.3, 0.4) is 0 Å². The Bertz CT molecular complexity index is 1050. The fraction of sp³-hybridized carbons (Fsp3) is 0.583. The molecule has 1 aliphatic carbocycles. The maximum absolute atomic E-state index is 15.1. The second-order valence-electron chi connectivity index (χ2n) is 10.3. The van der Waals surface area contributed by atoms with Crippen molar-refractivity contribution in [3.05, 3.63) is 35.1 Å². The number of barbiturate groups is 1. The molecule has 1 unspecified atom stereocenters. The van der Waals surface area contributed by atoms with Gasteiger partial charge >= 0.3 is 6.03 Å². The summed E-state index contributed by atoms with van der Waals surface area (Å²) in [5, 5.41) is 2.13. The lowest BCUT2D eigenvalue weighted by Gasteiger charge is -2.38. The van der Waals surface area contributed by atoms with E-state index < -0.39 is 69.5 Å². The summed E-state index contributed by atoms with van der Waals surface area (Å²) < 4.78 is 35.7. The molecule has 4 amide bonds. The lowest BCUT2D eigenvalue weighted by atomic mass is 9.82. The summed E-state index contributed by atoms with van der Waals surface area (Å²) in [7, 11) is 0. The molecule has 3 aliphatic rings. The minimum absolute atomic E-state index is 0.229. The highest BCUT2D eigenvalue weighted by atomic mass is 32.2. The van der Waals surface area contributed by atoms with E-state index in [2.05, 4.69) is 10.0 Å². The van der Waals surface area contributed by atoms with E-state index in [4.69, 9.17) is 4.74 Å². The smallest absolute Gasteiger partial charge is 0.331 e. The van der Waals surface area contributed by atoms with Crippen LogP contribution in [0.25, 0.3) is 0 Å². The standard InChI is InChI=1S/C24H30FN3O6S/c1-23(2,3)35(33)27-24(10-7-14-5-4-6-16(25)19(14)24)13-17(29)18-20(30)26-22(32)28(21(18)31)15-8-11-34-12-9-15/h4-6,15,18,27H,7-13H2,1-3H3,(H,26,30,32)/t18-,24+,35?/m0/s1. The number of halogens is 1. The maximum Gasteiger partial charge on any atom is 0.331 e. The van der Waals surface area contributed by atoms with E-state index >= 15 is 4.39 Å². The van der Waals surface area contributed by atoms with Crippen molar-refractivity contribution in [2.45, 2.75) is 69.2 Å². The first-order valence-corrected chi connectivity index (χ1v) is 12.9. The number of hydrogen-bond donors (Lipinski definition) is 2. The Morgan fingerprint density at radius 3 is 2.63 bits per heavy atom. The van der Waals surface area contributed by atoms with Gasteiger partial charge in [-0.05, 0) is 58.1 Å². The molecule has 0 saturated carbocycles. The van der Waals surface area contributed by atoms with Gasteiger partial charge in [-0.2, -0.15) is 0 Å². The second kappa shape index (κ2) is 9.61. The van der Waals surface area contributed by atoms with E-state index in [-0.39, 0.29) is 12.0 Å². The van der Waals surface area contributed by atoms with Crippen molar-refractivity contribution < 1.29 is 32.9 Å². The average molecular weight is 508 g/mol. The van der Waals surface area contributed by atoms with Crippen molar-refractivity contribution in [3.8, 4) is 0 Å². The number of ether oxygens (including phenoxy) is 1. The lowest BCUT2D eigenvalue weighted by Crippen LogP contribution is -2.63. The molecule has 2 fully saturated rings. The van der Waals surface area contributed by atoms with Gasteiger partial charge in [0.15, 0.2) is 11.7 Å². The summed E-state index contributed by atoms with van der Waals surface area (Å²) in [6.45, 7) is 5.96. The van der Waals surface area contributed by atoms with E-state index in [1.807, 2.05) is 0 Å². The molecule has 1 aromatic rings. The molecule has 2 heterocycles. The molecule has 190 valence electrons. The monoisotopic (exact) mass is 507 g/mol. The molecule has 2 N–H and O–H groups in total. The number of ketones is 1. The predicted molar refractivity (Wildman–Crippen MR) is 125 cm³/mol. The van der Waals surface area contributed by atoms with Gasteiger partial charge in [0.25, 0.3) is 5.91 Å². The fourth-order valence-corrected chi connectivity index (χ4v) is 5.93. The Hall–Kier alpha value is -2.34. The van der Waals surface area contributed by atoms with E-state index in [9.17, 15) is 23.7 Å². The number of nitrogens with one attached hydrogen (secondary N) is 2. The highest BCUT2D eigenvalue weighted by Crippen LogP contribution is 2.43. The predicted octanol–water partition coefficient (Wildman–Crippen LogP) is 1.85. The molecule has 0 radical (unpaired) electrons. The van der Waals surface area contributed by atoms with Crippen LogP contribution in [0.4, 0.5) is 9.18 Å². The second-order valence-corrected chi connectivity index (χ2v) is 12.2. The Kier molecular flexibility index (Phi) is 7.07. The van der Waals surface area contributed by atoms with Gasteiger partial charge in [0.05, 0.1) is 5.54 Å². The van der Waals surface area contributed by atoms with Gasteiger partial charge in [-0.1, -0.05) is 12.1 Å². The number of nitrogens with zero attached hydrogens (tertiary/aromatic N) is 1. The van der Waals surface area contributed by atoms with E-state index in [1.54, 1.807) is 32.9 Å². The van der Waals surface area contributed by atoms with Crippen LogP contribution in [0.1, 0.15) is 57.6 Å². The first-order chi connectivity index (χ1) is 16.4. The number of carbonyl (C=O) groups is 4. The molecular formula is C24H30FN3O6S. The summed E-state index contributed by atoms with van der Waals surface area (Å²) >= 11 is -1.67. The molecule has 9 nitrogen and oxygen atoms in total. The van der Waals surface area contributed by atoms with Gasteiger partial charge in [-0.3, -0.25) is 24.6 Å². The van der Waals surface area contributed by atoms with Gasteiger partial charge in [-0.25, -0.2) is 9.18 Å². The zero-order chi connectivity index (χ0) is 25.5. The first kappa shape index (κ1) is 25.7. The molecule has 0 aromatic heterocycles. The van der Waals surface area contributed by atoms with Crippen LogP contribution < -0.4 is 10.0 Å². The number of rotatable bonds is 6. The quantitative estimate of drug-likeness (QED) is 0.444. The molecule has 1 aromatic carbocycles. The largest absolute Gasteiger partial charge is 0.598 e. The minimum atomic E-state index is -1.74. The van der Waals surface area contributed by atoms with Crippen LogP contribution in [0.15, 0.2) is 18.2 Å². The summed E-state index contributed by atoms with van der Waals surface area (Å²) in [5.74, 6) is -4.93. The third-order valence-corrected chi connectivity index (χ3v) is 8.48. The number of aryl methyl sites for hydroxylation is 1. The third-order valence-electron chi connectivity index (χ3n) is 6.79. The third kappa shape index (κ3) is 4.87. The Morgan fingerprint density at radius 2 is 1.97 bits per heavy atom. The number of hydrogen-bond acceptors (Lipinski definition) is 7. The molecule has 35 heavy (non-hydrogen) atoms. The van der Waals surface area contributed by atoms with Crippen LogP contribution >= 0.6 is 0 Å². The van der Waals surface area contributed by atoms with Crippen LogP contribution in [0.5, 0.6) is 0 Å². The van der Waals surface area contributed by atoms with E-state index in [1.165, 1.54) is 6.07 Å². The Labute approximate surface area is 206 Å². The Morgan fingerprint density at radius 1 is 1.29 bits per heavy atom. The van der Waals surface area contributed by atoms with Crippen molar-refractivity contribution >= 4 is 35.0 Å². The SMILES string of the molecule is CC(C)(C)[S+]([O-])N[C@@]1(CC(=O)[C@H]2C(=O)NC(=O)N(C3CCOCC3)C2=O)CCc2cccc(F)c21. The first-order valence-electron chi connectivity index (χ1n) is 11.7. The molecule has 0 spiro atoms. The summed E-state index contributed by atoms with van der Waals surface area (Å²) in [6, 6.07) is 3.26. The zero-order valence-electron chi connectivity index (χ0n) is 20.0. The molecule has 0 bridgehead atoms. The van der Waals surface area contributed by atoms with Gasteiger partial charge in [0, 0.05) is 42.6 Å². The number of amides is 4.